The normalized spacial score (nSPS) is 10.8. The molecule has 0 atom stereocenters. The topological polar surface area (TPSA) is 70.9 Å². The van der Waals surface area contributed by atoms with Crippen LogP contribution < -0.4 is 10.2 Å². The average molecular weight is 340 g/mol. The van der Waals surface area contributed by atoms with Gasteiger partial charge in [0.2, 0.25) is 0 Å². The Morgan fingerprint density at radius 1 is 1.12 bits per heavy atom. The van der Waals surface area contributed by atoms with E-state index < -0.39 is 5.97 Å². The summed E-state index contributed by atoms with van der Waals surface area (Å²) in [5.41, 5.74) is 4.26. The molecule has 2 aromatic rings. The summed E-state index contributed by atoms with van der Waals surface area (Å²) in [6.07, 6.45) is 6.26. The third-order valence-corrected chi connectivity index (χ3v) is 3.72. The molecule has 25 heavy (non-hydrogen) atoms. The second-order valence-corrected chi connectivity index (χ2v) is 5.67. The van der Waals surface area contributed by atoms with Crippen LogP contribution in [0.1, 0.15) is 48.5 Å². The lowest BCUT2D eigenvalue weighted by molar-refractivity contribution is 0.0698. The van der Waals surface area contributed by atoms with E-state index in [-0.39, 0.29) is 5.56 Å². The monoisotopic (exact) mass is 340 g/mol. The van der Waals surface area contributed by atoms with Crippen LogP contribution in [0.25, 0.3) is 0 Å². The molecule has 0 bridgehead atoms. The van der Waals surface area contributed by atoms with Crippen LogP contribution in [-0.4, -0.2) is 23.9 Å². The number of para-hydroxylation sites is 2. The molecule has 0 saturated heterocycles. The SMILES string of the molecule is CCCCCCOc1ccccc1/C=N/Nc1ccccc1C(=O)O. The van der Waals surface area contributed by atoms with Gasteiger partial charge in [0.05, 0.1) is 24.1 Å². The Bertz CT molecular complexity index is 714. The van der Waals surface area contributed by atoms with E-state index in [1.807, 2.05) is 24.3 Å². The van der Waals surface area contributed by atoms with Crippen molar-refractivity contribution in [3.05, 3.63) is 59.7 Å². The van der Waals surface area contributed by atoms with E-state index in [0.29, 0.717) is 12.3 Å². The largest absolute Gasteiger partial charge is 0.493 e. The number of carboxylic acids is 1. The molecule has 0 spiro atoms. The fourth-order valence-corrected chi connectivity index (χ4v) is 2.37. The Morgan fingerprint density at radius 3 is 2.68 bits per heavy atom. The second kappa shape index (κ2) is 10.1. The summed E-state index contributed by atoms with van der Waals surface area (Å²) in [6, 6.07) is 14.3. The number of benzene rings is 2. The number of carbonyl (C=O) groups is 1. The number of unbranched alkanes of at least 4 members (excludes halogenated alkanes) is 3. The average Bonchev–Trinajstić information content (AvgIpc) is 2.63. The van der Waals surface area contributed by atoms with Gasteiger partial charge in [0.25, 0.3) is 0 Å². The van der Waals surface area contributed by atoms with Crippen molar-refractivity contribution < 1.29 is 14.6 Å². The third kappa shape index (κ3) is 5.95. The van der Waals surface area contributed by atoms with Gasteiger partial charge in [-0.05, 0) is 30.7 Å². The van der Waals surface area contributed by atoms with Gasteiger partial charge in [0.1, 0.15) is 5.75 Å². The first kappa shape index (κ1) is 18.5. The van der Waals surface area contributed by atoms with Crippen LogP contribution >= 0.6 is 0 Å². The van der Waals surface area contributed by atoms with Crippen molar-refractivity contribution in [1.82, 2.24) is 0 Å². The fourth-order valence-electron chi connectivity index (χ4n) is 2.37. The predicted molar refractivity (Wildman–Crippen MR) is 101 cm³/mol. The number of carboxylic acid groups (broad SMARTS) is 1. The van der Waals surface area contributed by atoms with Crippen LogP contribution in [0.3, 0.4) is 0 Å². The lowest BCUT2D eigenvalue weighted by Crippen LogP contribution is -2.03. The van der Waals surface area contributed by atoms with Crippen LogP contribution in [0.2, 0.25) is 0 Å². The summed E-state index contributed by atoms with van der Waals surface area (Å²) in [4.78, 5) is 11.2. The molecule has 132 valence electrons. The molecule has 0 heterocycles. The van der Waals surface area contributed by atoms with Gasteiger partial charge < -0.3 is 9.84 Å². The zero-order valence-corrected chi connectivity index (χ0v) is 14.4. The maximum absolute atomic E-state index is 11.2. The highest BCUT2D eigenvalue weighted by molar-refractivity contribution is 5.94. The number of aromatic carboxylic acids is 1. The maximum atomic E-state index is 11.2. The van der Waals surface area contributed by atoms with Crippen molar-refractivity contribution >= 4 is 17.9 Å². The molecule has 0 saturated carbocycles. The van der Waals surface area contributed by atoms with Crippen LogP contribution in [0.4, 0.5) is 5.69 Å². The van der Waals surface area contributed by atoms with E-state index in [0.717, 1.165) is 17.7 Å². The van der Waals surface area contributed by atoms with Crippen LogP contribution in [0, 0.1) is 0 Å². The molecule has 5 heteroatoms. The number of hydrogen-bond acceptors (Lipinski definition) is 4. The lowest BCUT2D eigenvalue weighted by Gasteiger charge is -2.09. The number of rotatable bonds is 10. The number of anilines is 1. The minimum atomic E-state index is -0.992. The van der Waals surface area contributed by atoms with Crippen molar-refractivity contribution in [2.45, 2.75) is 32.6 Å². The van der Waals surface area contributed by atoms with E-state index in [9.17, 15) is 9.90 Å². The molecule has 0 unspecified atom stereocenters. The summed E-state index contributed by atoms with van der Waals surface area (Å²) in [5, 5.41) is 13.3. The Hall–Kier alpha value is -2.82. The van der Waals surface area contributed by atoms with E-state index in [1.54, 1.807) is 24.4 Å². The Kier molecular flexibility index (Phi) is 7.50. The molecule has 0 aromatic heterocycles. The summed E-state index contributed by atoms with van der Waals surface area (Å²) < 4.78 is 5.84. The smallest absolute Gasteiger partial charge is 0.337 e. The third-order valence-electron chi connectivity index (χ3n) is 3.72. The van der Waals surface area contributed by atoms with Crippen molar-refractivity contribution in [2.75, 3.05) is 12.0 Å². The van der Waals surface area contributed by atoms with Gasteiger partial charge in [0.15, 0.2) is 0 Å². The zero-order chi connectivity index (χ0) is 17.9. The van der Waals surface area contributed by atoms with Gasteiger partial charge in [0, 0.05) is 5.56 Å². The van der Waals surface area contributed by atoms with Crippen molar-refractivity contribution in [3.63, 3.8) is 0 Å². The molecule has 2 N–H and O–H groups in total. The molecule has 2 aromatic carbocycles. The van der Waals surface area contributed by atoms with Crippen LogP contribution in [0.5, 0.6) is 5.75 Å². The minimum Gasteiger partial charge on any atom is -0.493 e. The highest BCUT2D eigenvalue weighted by Gasteiger charge is 2.07. The summed E-state index contributed by atoms with van der Waals surface area (Å²) in [6.45, 7) is 2.86. The number of nitrogens with zero attached hydrogens (tertiary/aromatic N) is 1. The Morgan fingerprint density at radius 2 is 1.88 bits per heavy atom. The molecular weight excluding hydrogens is 316 g/mol. The maximum Gasteiger partial charge on any atom is 0.337 e. The van der Waals surface area contributed by atoms with Crippen molar-refractivity contribution in [1.29, 1.82) is 0 Å². The van der Waals surface area contributed by atoms with E-state index >= 15 is 0 Å². The predicted octanol–water partition coefficient (Wildman–Crippen LogP) is 4.79. The number of hydrogen-bond donors (Lipinski definition) is 2. The van der Waals surface area contributed by atoms with Gasteiger partial charge in [-0.1, -0.05) is 50.5 Å². The van der Waals surface area contributed by atoms with E-state index in [1.165, 1.54) is 25.3 Å². The summed E-state index contributed by atoms with van der Waals surface area (Å²) in [7, 11) is 0. The quantitative estimate of drug-likeness (QED) is 0.370. The van der Waals surface area contributed by atoms with Gasteiger partial charge in [-0.25, -0.2) is 4.79 Å². The summed E-state index contributed by atoms with van der Waals surface area (Å²) >= 11 is 0. The Balaban J connectivity index is 1.98. The number of nitrogens with one attached hydrogen (secondary N) is 1. The van der Waals surface area contributed by atoms with Crippen molar-refractivity contribution in [2.24, 2.45) is 5.10 Å². The van der Waals surface area contributed by atoms with Gasteiger partial charge in [-0.15, -0.1) is 0 Å². The molecule has 0 aliphatic heterocycles. The van der Waals surface area contributed by atoms with Gasteiger partial charge >= 0.3 is 5.97 Å². The standard InChI is InChI=1S/C20H24N2O3/c1-2-3-4-9-14-25-19-13-8-5-10-16(19)15-21-22-18-12-7-6-11-17(18)20(23)24/h5-8,10-13,15,22H,2-4,9,14H2,1H3,(H,23,24)/b21-15+. The molecule has 0 aliphatic rings. The van der Waals surface area contributed by atoms with E-state index in [2.05, 4.69) is 17.5 Å². The molecule has 0 aliphatic carbocycles. The van der Waals surface area contributed by atoms with E-state index in [4.69, 9.17) is 4.74 Å². The van der Waals surface area contributed by atoms with Crippen LogP contribution in [0.15, 0.2) is 53.6 Å². The van der Waals surface area contributed by atoms with Gasteiger partial charge in [-0.3, -0.25) is 5.43 Å². The lowest BCUT2D eigenvalue weighted by atomic mass is 10.2. The second-order valence-electron chi connectivity index (χ2n) is 5.67. The van der Waals surface area contributed by atoms with Crippen LogP contribution in [-0.2, 0) is 0 Å². The summed E-state index contributed by atoms with van der Waals surface area (Å²) in [5.74, 6) is -0.217. The Labute approximate surface area is 148 Å². The number of ether oxygens (including phenoxy) is 1. The van der Waals surface area contributed by atoms with Gasteiger partial charge in [-0.2, -0.15) is 5.10 Å². The molecule has 0 fully saturated rings. The molecule has 0 amide bonds. The number of hydrazone groups is 1. The highest BCUT2D eigenvalue weighted by atomic mass is 16.5. The zero-order valence-electron chi connectivity index (χ0n) is 14.4. The molecule has 0 radical (unpaired) electrons. The molecule has 2 rings (SSSR count). The molecule has 5 nitrogen and oxygen atoms in total. The fraction of sp³-hybridized carbons (Fsp3) is 0.300. The first-order chi connectivity index (χ1) is 12.2. The first-order valence-electron chi connectivity index (χ1n) is 8.55. The first-order valence-corrected chi connectivity index (χ1v) is 8.55. The van der Waals surface area contributed by atoms with Crippen molar-refractivity contribution in [3.8, 4) is 5.75 Å². The molecular formula is C20H24N2O3. The minimum absolute atomic E-state index is 0.181. The highest BCUT2D eigenvalue weighted by Crippen LogP contribution is 2.18.